The number of rotatable bonds is 0. The van der Waals surface area contributed by atoms with E-state index in [1.807, 2.05) is 0 Å². The van der Waals surface area contributed by atoms with Crippen LogP contribution in [0.2, 0.25) is 0 Å². The Kier molecular flexibility index (Phi) is 1780. The summed E-state index contributed by atoms with van der Waals surface area (Å²) >= 11 is 0. The van der Waals surface area contributed by atoms with Crippen molar-refractivity contribution in [1.82, 2.24) is 0 Å². The minimum Gasteiger partial charge on any atom is -2.00 e. The van der Waals surface area contributed by atoms with E-state index in [0.29, 0.717) is 0 Å². The van der Waals surface area contributed by atoms with Crippen LogP contribution in [-0.4, -0.2) is 0 Å². The van der Waals surface area contributed by atoms with Gasteiger partial charge in [0.25, 0.3) is 0 Å². The second kappa shape index (κ2) is 126. The normalized spacial score (nSPS) is 0. The Morgan fingerprint density at radius 2 is 0.273 bits per heavy atom. The molecule has 0 N–H and O–H groups in total. The summed E-state index contributed by atoms with van der Waals surface area (Å²) in [4.78, 5) is 0. The zero-order valence-corrected chi connectivity index (χ0v) is 14.7. The van der Waals surface area contributed by atoms with E-state index in [1.165, 1.54) is 0 Å². The zero-order valence-electron chi connectivity index (χ0n) is 4.36. The van der Waals surface area contributed by atoms with Crippen LogP contribution in [0.1, 0.15) is 0 Å². The van der Waals surface area contributed by atoms with Gasteiger partial charge in [-0.05, 0) is 0 Å². The summed E-state index contributed by atoms with van der Waals surface area (Å²) in [6, 6.07) is 0. The quantitative estimate of drug-likeness (QED) is 0.453. The summed E-state index contributed by atoms with van der Waals surface area (Å²) in [5, 5.41) is 0. The van der Waals surface area contributed by atoms with Crippen molar-refractivity contribution in [3.63, 3.8) is 0 Å². The first-order valence-corrected chi connectivity index (χ1v) is 0. The molecule has 0 aliphatic heterocycles. The molecule has 0 aromatic carbocycles. The second-order valence-corrected chi connectivity index (χ2v) is 0. The number of hydrogen-bond acceptors (Lipinski definition) is 0. The van der Waals surface area contributed by atoms with Crippen LogP contribution in [-0.2, 0) is 166 Å². The Morgan fingerprint density at radius 1 is 0.273 bits per heavy atom. The van der Waals surface area contributed by atoms with Crippen LogP contribution in [0.15, 0.2) is 0 Å². The van der Waals surface area contributed by atoms with Crippen molar-refractivity contribution in [1.29, 1.82) is 0 Å². The molecule has 4 radical (unpaired) electrons. The molecule has 0 fully saturated rings. The molecular formula is Cu2S7V2-10. The van der Waals surface area contributed by atoms with Gasteiger partial charge in [0.15, 0.2) is 0 Å². The van der Waals surface area contributed by atoms with Crippen molar-refractivity contribution in [3.8, 4) is 0 Å². The van der Waals surface area contributed by atoms with Crippen LogP contribution in [0.25, 0.3) is 0 Å². The van der Waals surface area contributed by atoms with E-state index in [4.69, 9.17) is 0 Å². The summed E-state index contributed by atoms with van der Waals surface area (Å²) in [7, 11) is 0. The van der Waals surface area contributed by atoms with Gasteiger partial charge in [-0.1, -0.05) is 0 Å². The minimum atomic E-state index is 0. The fourth-order valence-corrected chi connectivity index (χ4v) is 0. The van der Waals surface area contributed by atoms with Gasteiger partial charge in [0.2, 0.25) is 0 Å². The Balaban J connectivity index is 0. The Labute approximate surface area is 163 Å². The van der Waals surface area contributed by atoms with Crippen molar-refractivity contribution >= 4 is 94.5 Å². The van der Waals surface area contributed by atoms with Gasteiger partial charge in [-0.2, -0.15) is 0 Å². The molecule has 0 nitrogen and oxygen atoms in total. The molecule has 11 heavy (non-hydrogen) atoms. The second-order valence-electron chi connectivity index (χ2n) is 0. The summed E-state index contributed by atoms with van der Waals surface area (Å²) in [5.74, 6) is 0. The molecular weight excluding hydrogens is 453 g/mol. The zero-order chi connectivity index (χ0) is 0. The van der Waals surface area contributed by atoms with Crippen molar-refractivity contribution in [2.45, 2.75) is 0 Å². The topological polar surface area (TPSA) is 0 Å². The monoisotopic (exact) mass is 452 g/mol. The van der Waals surface area contributed by atoms with E-state index < -0.39 is 0 Å². The molecule has 0 spiro atoms. The smallest absolute Gasteiger partial charge is 2.00 e. The van der Waals surface area contributed by atoms with Crippen molar-refractivity contribution in [2.75, 3.05) is 0 Å². The summed E-state index contributed by atoms with van der Waals surface area (Å²) in [6.07, 6.45) is 0. The molecule has 0 aromatic heterocycles. The summed E-state index contributed by atoms with van der Waals surface area (Å²) < 4.78 is 0. The van der Waals surface area contributed by atoms with E-state index in [1.54, 1.807) is 0 Å². The van der Waals surface area contributed by atoms with Gasteiger partial charge in [-0.3, -0.25) is 0 Å². The van der Waals surface area contributed by atoms with Gasteiger partial charge >= 0.3 is 34.1 Å². The van der Waals surface area contributed by atoms with E-state index in [-0.39, 0.29) is 166 Å². The average Bonchev–Trinajstić information content (AvgIpc) is 0. The Hall–Kier alpha value is 4.66. The fraction of sp³-hybridized carbons (Fsp3) is 0. The minimum absolute atomic E-state index is 0. The maximum atomic E-state index is 0. The van der Waals surface area contributed by atoms with Crippen molar-refractivity contribution < 1.29 is 71.2 Å². The predicted molar refractivity (Wildman–Crippen MR) is 51.6 cm³/mol. The standard InChI is InChI=1S/2Cu.7S.2V/q2*+2;7*-2;;. The first-order chi connectivity index (χ1) is 0. The first kappa shape index (κ1) is 155. The molecule has 0 heterocycles. The number of hydrogen-bond donors (Lipinski definition) is 0. The van der Waals surface area contributed by atoms with Gasteiger partial charge < -0.3 is 94.5 Å². The van der Waals surface area contributed by atoms with E-state index >= 15 is 0 Å². The summed E-state index contributed by atoms with van der Waals surface area (Å²) in [6.45, 7) is 0. The molecule has 0 aromatic rings. The van der Waals surface area contributed by atoms with E-state index in [0.717, 1.165) is 0 Å². The maximum absolute atomic E-state index is 0. The van der Waals surface area contributed by atoms with E-state index in [2.05, 4.69) is 0 Å². The van der Waals surface area contributed by atoms with Gasteiger partial charge in [-0.15, -0.1) is 0 Å². The maximum Gasteiger partial charge on any atom is 2.00 e. The molecule has 0 saturated carbocycles. The van der Waals surface area contributed by atoms with Crippen LogP contribution in [0.5, 0.6) is 0 Å². The molecule has 0 aliphatic carbocycles. The third kappa shape index (κ3) is 108. The van der Waals surface area contributed by atoms with Gasteiger partial charge in [0, 0.05) is 37.1 Å². The third-order valence-corrected chi connectivity index (χ3v) is 0. The molecule has 11 heteroatoms. The largest absolute Gasteiger partial charge is 2.00 e. The Bertz CT molecular complexity index is 14.4. The van der Waals surface area contributed by atoms with Gasteiger partial charge in [0.1, 0.15) is 0 Å². The molecule has 0 aliphatic rings. The third-order valence-electron chi connectivity index (χ3n) is 0. The average molecular weight is 453 g/mol. The molecule has 0 bridgehead atoms. The van der Waals surface area contributed by atoms with Crippen LogP contribution < -0.4 is 0 Å². The van der Waals surface area contributed by atoms with Crippen molar-refractivity contribution in [3.05, 3.63) is 0 Å². The molecule has 0 rings (SSSR count). The molecule has 0 atom stereocenters. The Morgan fingerprint density at radius 3 is 0.273 bits per heavy atom. The van der Waals surface area contributed by atoms with E-state index in [9.17, 15) is 0 Å². The SMILES string of the molecule is [Cu+2].[Cu+2].[S-2].[S-2].[S-2].[S-2].[S-2].[S-2].[S-2].[V].[V]. The fourth-order valence-electron chi connectivity index (χ4n) is 0. The van der Waals surface area contributed by atoms with Gasteiger partial charge in [0.05, 0.1) is 0 Å². The molecule has 0 saturated heterocycles. The molecule has 0 amide bonds. The van der Waals surface area contributed by atoms with Crippen LogP contribution in [0.4, 0.5) is 0 Å². The summed E-state index contributed by atoms with van der Waals surface area (Å²) in [5.41, 5.74) is 0. The molecule has 84 valence electrons. The first-order valence-electron chi connectivity index (χ1n) is 0. The molecule has 0 unspecified atom stereocenters. The van der Waals surface area contributed by atoms with Crippen molar-refractivity contribution in [2.24, 2.45) is 0 Å². The van der Waals surface area contributed by atoms with Crippen LogP contribution >= 0.6 is 0 Å². The predicted octanol–water partition coefficient (Wildman–Crippen LogP) is -0.0268. The van der Waals surface area contributed by atoms with Gasteiger partial charge in [-0.25, -0.2) is 0 Å². The van der Waals surface area contributed by atoms with Crippen LogP contribution in [0.3, 0.4) is 0 Å². The van der Waals surface area contributed by atoms with Crippen LogP contribution in [0, 0.1) is 0 Å².